The van der Waals surface area contributed by atoms with Crippen LogP contribution in [0.4, 0.5) is 18.9 Å². The maximum atomic E-state index is 12.1. The van der Waals surface area contributed by atoms with Gasteiger partial charge in [0.25, 0.3) is 0 Å². The Kier molecular flexibility index (Phi) is 3.38. The summed E-state index contributed by atoms with van der Waals surface area (Å²) in [4.78, 5) is 0. The fourth-order valence-electron chi connectivity index (χ4n) is 0.971. The van der Waals surface area contributed by atoms with Crippen molar-refractivity contribution >= 4 is 5.69 Å². The molecule has 0 aliphatic rings. The molecular formula is C10H11F3N. The van der Waals surface area contributed by atoms with Gasteiger partial charge in [0.2, 0.25) is 0 Å². The zero-order chi connectivity index (χ0) is 10.6. The van der Waals surface area contributed by atoms with E-state index < -0.39 is 11.7 Å². The van der Waals surface area contributed by atoms with Crippen LogP contribution in [0.3, 0.4) is 0 Å². The van der Waals surface area contributed by atoms with Crippen molar-refractivity contribution in [2.75, 3.05) is 11.9 Å². The molecule has 0 aliphatic carbocycles. The van der Waals surface area contributed by atoms with Gasteiger partial charge < -0.3 is 5.32 Å². The van der Waals surface area contributed by atoms with Crippen LogP contribution in [0.15, 0.2) is 18.2 Å². The van der Waals surface area contributed by atoms with Crippen LogP contribution in [0.5, 0.6) is 0 Å². The molecule has 1 radical (unpaired) electrons. The lowest BCUT2D eigenvalue weighted by Gasteiger charge is -2.08. The van der Waals surface area contributed by atoms with Gasteiger partial charge in [0.15, 0.2) is 0 Å². The van der Waals surface area contributed by atoms with Crippen LogP contribution >= 0.6 is 0 Å². The summed E-state index contributed by atoms with van der Waals surface area (Å²) in [7, 11) is 0. The number of hydrogen-bond acceptors (Lipinski definition) is 1. The van der Waals surface area contributed by atoms with Crippen LogP contribution in [0.25, 0.3) is 0 Å². The second-order valence-corrected chi connectivity index (χ2v) is 2.92. The van der Waals surface area contributed by atoms with Crippen molar-refractivity contribution in [1.82, 2.24) is 0 Å². The Morgan fingerprint density at radius 2 is 2.07 bits per heavy atom. The van der Waals surface area contributed by atoms with E-state index in [1.165, 1.54) is 6.07 Å². The molecule has 0 saturated heterocycles. The van der Waals surface area contributed by atoms with Gasteiger partial charge in [-0.05, 0) is 24.6 Å². The molecule has 0 atom stereocenters. The Bertz CT molecular complexity index is 276. The lowest BCUT2D eigenvalue weighted by molar-refractivity contribution is -0.137. The summed E-state index contributed by atoms with van der Waals surface area (Å²) in [5.41, 5.74) is -0.0700. The normalized spacial score (nSPS) is 11.4. The second kappa shape index (κ2) is 4.35. The van der Waals surface area contributed by atoms with Gasteiger partial charge in [0, 0.05) is 18.3 Å². The van der Waals surface area contributed by atoms with Gasteiger partial charge in [0.1, 0.15) is 0 Å². The molecule has 0 heterocycles. The molecule has 0 amide bonds. The van der Waals surface area contributed by atoms with Crippen molar-refractivity contribution in [3.05, 3.63) is 29.8 Å². The highest BCUT2D eigenvalue weighted by atomic mass is 19.4. The van der Waals surface area contributed by atoms with Crippen molar-refractivity contribution in [2.24, 2.45) is 0 Å². The largest absolute Gasteiger partial charge is 0.416 e. The predicted octanol–water partition coefficient (Wildman–Crippen LogP) is 3.33. The van der Waals surface area contributed by atoms with Crippen molar-refractivity contribution in [3.8, 4) is 0 Å². The first kappa shape index (κ1) is 10.9. The molecule has 1 nitrogen and oxygen atoms in total. The SMILES string of the molecule is CCCNc1[c]cc(C(F)(F)F)cc1. The van der Waals surface area contributed by atoms with Crippen LogP contribution in [0.1, 0.15) is 18.9 Å². The molecule has 1 aromatic rings. The van der Waals surface area contributed by atoms with Crippen molar-refractivity contribution in [2.45, 2.75) is 19.5 Å². The minimum absolute atomic E-state index is 0.597. The minimum Gasteiger partial charge on any atom is -0.385 e. The second-order valence-electron chi connectivity index (χ2n) is 2.92. The van der Waals surface area contributed by atoms with E-state index in [1.54, 1.807) is 0 Å². The maximum Gasteiger partial charge on any atom is 0.416 e. The number of halogens is 3. The van der Waals surface area contributed by atoms with Crippen molar-refractivity contribution in [3.63, 3.8) is 0 Å². The Morgan fingerprint density at radius 3 is 2.50 bits per heavy atom. The van der Waals surface area contributed by atoms with Crippen molar-refractivity contribution in [1.29, 1.82) is 0 Å². The third kappa shape index (κ3) is 2.94. The first-order chi connectivity index (χ1) is 6.54. The Balaban J connectivity index is 2.69. The highest BCUT2D eigenvalue weighted by Gasteiger charge is 2.29. The minimum atomic E-state index is -4.28. The summed E-state index contributed by atoms with van der Waals surface area (Å²) >= 11 is 0. The van der Waals surface area contributed by atoms with Crippen molar-refractivity contribution < 1.29 is 13.2 Å². The quantitative estimate of drug-likeness (QED) is 0.792. The number of rotatable bonds is 3. The zero-order valence-electron chi connectivity index (χ0n) is 7.78. The molecule has 4 heteroatoms. The van der Waals surface area contributed by atoms with Crippen LogP contribution in [0.2, 0.25) is 0 Å². The van der Waals surface area contributed by atoms with E-state index in [1.807, 2.05) is 6.92 Å². The first-order valence-electron chi connectivity index (χ1n) is 4.37. The van der Waals surface area contributed by atoms with Gasteiger partial charge in [-0.2, -0.15) is 13.2 Å². The number of alkyl halides is 3. The Morgan fingerprint density at radius 1 is 1.36 bits per heavy atom. The van der Waals surface area contributed by atoms with Gasteiger partial charge in [-0.15, -0.1) is 0 Å². The third-order valence-electron chi connectivity index (χ3n) is 1.71. The summed E-state index contributed by atoms with van der Waals surface area (Å²) in [6, 6.07) is 5.94. The van der Waals surface area contributed by atoms with E-state index >= 15 is 0 Å². The summed E-state index contributed by atoms with van der Waals surface area (Å²) in [5, 5.41) is 2.95. The number of nitrogens with one attached hydrogen (secondary N) is 1. The topological polar surface area (TPSA) is 12.0 Å². The van der Waals surface area contributed by atoms with Crippen LogP contribution in [-0.4, -0.2) is 6.54 Å². The molecule has 0 spiro atoms. The molecule has 0 aromatic heterocycles. The molecular weight excluding hydrogens is 191 g/mol. The van der Waals surface area contributed by atoms with E-state index in [0.717, 1.165) is 25.1 Å². The average Bonchev–Trinajstić information content (AvgIpc) is 2.14. The molecule has 77 valence electrons. The van der Waals surface area contributed by atoms with E-state index in [0.29, 0.717) is 5.69 Å². The Labute approximate surface area is 80.9 Å². The van der Waals surface area contributed by atoms with E-state index in [2.05, 4.69) is 11.4 Å². The highest BCUT2D eigenvalue weighted by Crippen LogP contribution is 2.29. The molecule has 0 unspecified atom stereocenters. The van der Waals surface area contributed by atoms with E-state index in [-0.39, 0.29) is 0 Å². The standard InChI is InChI=1S/C10H11F3N/c1-2-7-14-9-5-3-8(4-6-9)10(11,12)13/h3-5,14H,2,7H2,1H3. The van der Waals surface area contributed by atoms with E-state index in [4.69, 9.17) is 0 Å². The summed E-state index contributed by atoms with van der Waals surface area (Å²) in [5.74, 6) is 0. The zero-order valence-corrected chi connectivity index (χ0v) is 7.78. The fourth-order valence-corrected chi connectivity index (χ4v) is 0.971. The van der Waals surface area contributed by atoms with Gasteiger partial charge in [0.05, 0.1) is 5.56 Å². The smallest absolute Gasteiger partial charge is 0.385 e. The monoisotopic (exact) mass is 202 g/mol. The van der Waals surface area contributed by atoms with E-state index in [9.17, 15) is 13.2 Å². The number of hydrogen-bond donors (Lipinski definition) is 1. The average molecular weight is 202 g/mol. The van der Waals surface area contributed by atoms with Crippen LogP contribution in [-0.2, 0) is 6.18 Å². The fraction of sp³-hybridized carbons (Fsp3) is 0.400. The number of anilines is 1. The van der Waals surface area contributed by atoms with Crippen LogP contribution in [0, 0.1) is 6.07 Å². The van der Waals surface area contributed by atoms with Gasteiger partial charge in [-0.1, -0.05) is 6.92 Å². The van der Waals surface area contributed by atoms with Gasteiger partial charge in [-0.3, -0.25) is 0 Å². The molecule has 1 rings (SSSR count). The molecule has 0 aliphatic heterocycles. The summed E-state index contributed by atoms with van der Waals surface area (Å²) < 4.78 is 36.4. The third-order valence-corrected chi connectivity index (χ3v) is 1.71. The Hall–Kier alpha value is -1.19. The molecule has 1 aromatic carbocycles. The highest BCUT2D eigenvalue weighted by molar-refractivity contribution is 5.43. The first-order valence-corrected chi connectivity index (χ1v) is 4.37. The van der Waals surface area contributed by atoms with Crippen LogP contribution < -0.4 is 5.32 Å². The molecule has 0 fully saturated rings. The molecule has 0 bridgehead atoms. The molecule has 1 N–H and O–H groups in total. The lowest BCUT2D eigenvalue weighted by atomic mass is 10.2. The van der Waals surface area contributed by atoms with Gasteiger partial charge >= 0.3 is 6.18 Å². The molecule has 14 heavy (non-hydrogen) atoms. The maximum absolute atomic E-state index is 12.1. The number of benzene rings is 1. The summed E-state index contributed by atoms with van der Waals surface area (Å²) in [6.45, 7) is 2.72. The predicted molar refractivity (Wildman–Crippen MR) is 49.1 cm³/mol. The summed E-state index contributed by atoms with van der Waals surface area (Å²) in [6.07, 6.45) is -3.35. The lowest BCUT2D eigenvalue weighted by Crippen LogP contribution is -2.05. The molecule has 0 saturated carbocycles. The van der Waals surface area contributed by atoms with Gasteiger partial charge in [-0.25, -0.2) is 0 Å².